The van der Waals surface area contributed by atoms with E-state index in [0.717, 1.165) is 43.1 Å². The molecule has 1 saturated carbocycles. The van der Waals surface area contributed by atoms with Gasteiger partial charge in [-0.1, -0.05) is 17.7 Å². The van der Waals surface area contributed by atoms with E-state index < -0.39 is 0 Å². The first-order valence-electron chi connectivity index (χ1n) is 8.93. The van der Waals surface area contributed by atoms with Crippen molar-refractivity contribution in [2.45, 2.75) is 45.6 Å². The van der Waals surface area contributed by atoms with Crippen LogP contribution in [0.1, 0.15) is 36.8 Å². The number of piperidine rings is 1. The summed E-state index contributed by atoms with van der Waals surface area (Å²) in [5.74, 6) is 1.04. The second-order valence-corrected chi connectivity index (χ2v) is 7.27. The third kappa shape index (κ3) is 5.05. The van der Waals surface area contributed by atoms with Gasteiger partial charge in [0, 0.05) is 24.8 Å². The number of rotatable bonds is 6. The van der Waals surface area contributed by atoms with E-state index in [9.17, 15) is 4.79 Å². The number of hydrogen-bond acceptors (Lipinski definition) is 3. The van der Waals surface area contributed by atoms with Crippen molar-refractivity contribution in [2.24, 2.45) is 5.92 Å². The summed E-state index contributed by atoms with van der Waals surface area (Å²) in [4.78, 5) is 14.5. The highest BCUT2D eigenvalue weighted by Crippen LogP contribution is 2.28. The van der Waals surface area contributed by atoms with Gasteiger partial charge in [-0.25, -0.2) is 0 Å². The average molecular weight is 315 g/mol. The number of aryl methyl sites for hydroxylation is 2. The van der Waals surface area contributed by atoms with Crippen molar-refractivity contribution in [3.05, 3.63) is 29.3 Å². The van der Waals surface area contributed by atoms with Crippen LogP contribution in [0, 0.1) is 19.8 Å². The lowest BCUT2D eigenvalue weighted by Gasteiger charge is -2.32. The first-order chi connectivity index (χ1) is 11.1. The molecule has 0 aromatic heterocycles. The SMILES string of the molecule is Cc1ccc(NC(=O)CN2CCC(NCC3CC3)CC2)c(C)c1. The maximum absolute atomic E-state index is 12.3. The van der Waals surface area contributed by atoms with Gasteiger partial charge >= 0.3 is 0 Å². The molecule has 23 heavy (non-hydrogen) atoms. The van der Waals surface area contributed by atoms with Crippen molar-refractivity contribution in [3.8, 4) is 0 Å². The smallest absolute Gasteiger partial charge is 0.238 e. The van der Waals surface area contributed by atoms with Gasteiger partial charge in [-0.15, -0.1) is 0 Å². The molecule has 2 N–H and O–H groups in total. The molecule has 0 spiro atoms. The summed E-state index contributed by atoms with van der Waals surface area (Å²) in [5, 5.41) is 6.73. The molecular weight excluding hydrogens is 286 g/mol. The van der Waals surface area contributed by atoms with Gasteiger partial charge in [-0.3, -0.25) is 9.69 Å². The van der Waals surface area contributed by atoms with Crippen molar-refractivity contribution in [1.82, 2.24) is 10.2 Å². The summed E-state index contributed by atoms with van der Waals surface area (Å²) >= 11 is 0. The largest absolute Gasteiger partial charge is 0.325 e. The molecule has 2 aliphatic rings. The standard InChI is InChI=1S/C19H29N3O/c1-14-3-6-18(15(2)11-14)21-19(23)13-22-9-7-17(8-10-22)20-12-16-4-5-16/h3,6,11,16-17,20H,4-5,7-10,12-13H2,1-2H3,(H,21,23). The monoisotopic (exact) mass is 315 g/mol. The van der Waals surface area contributed by atoms with Crippen LogP contribution in [0.4, 0.5) is 5.69 Å². The molecule has 1 aliphatic carbocycles. The van der Waals surface area contributed by atoms with Crippen LogP contribution in [0.15, 0.2) is 18.2 Å². The van der Waals surface area contributed by atoms with E-state index in [4.69, 9.17) is 0 Å². The van der Waals surface area contributed by atoms with Gasteiger partial charge in [-0.05, 0) is 63.6 Å². The summed E-state index contributed by atoms with van der Waals surface area (Å²) in [5.41, 5.74) is 3.28. The number of hydrogen-bond donors (Lipinski definition) is 2. The fourth-order valence-corrected chi connectivity index (χ4v) is 3.30. The van der Waals surface area contributed by atoms with E-state index in [1.807, 2.05) is 19.1 Å². The number of nitrogens with one attached hydrogen (secondary N) is 2. The van der Waals surface area contributed by atoms with E-state index in [2.05, 4.69) is 28.5 Å². The highest BCUT2D eigenvalue weighted by Gasteiger charge is 2.25. The maximum Gasteiger partial charge on any atom is 0.238 e. The Bertz CT molecular complexity index is 546. The molecule has 4 nitrogen and oxygen atoms in total. The number of anilines is 1. The fourth-order valence-electron chi connectivity index (χ4n) is 3.30. The maximum atomic E-state index is 12.3. The number of amides is 1. The van der Waals surface area contributed by atoms with Crippen LogP contribution in [0.2, 0.25) is 0 Å². The molecule has 4 heteroatoms. The first-order valence-corrected chi connectivity index (χ1v) is 8.93. The minimum Gasteiger partial charge on any atom is -0.325 e. The molecule has 1 saturated heterocycles. The zero-order valence-electron chi connectivity index (χ0n) is 14.4. The van der Waals surface area contributed by atoms with Gasteiger partial charge in [0.15, 0.2) is 0 Å². The second kappa shape index (κ2) is 7.45. The van der Waals surface area contributed by atoms with Crippen LogP contribution in [-0.2, 0) is 4.79 Å². The first kappa shape index (κ1) is 16.5. The Hall–Kier alpha value is -1.39. The number of benzene rings is 1. The number of carbonyl (C=O) groups is 1. The molecule has 1 aromatic rings. The molecule has 1 aliphatic heterocycles. The van der Waals surface area contributed by atoms with Crippen LogP contribution < -0.4 is 10.6 Å². The number of carbonyl (C=O) groups excluding carboxylic acids is 1. The lowest BCUT2D eigenvalue weighted by molar-refractivity contribution is -0.117. The van der Waals surface area contributed by atoms with Gasteiger partial charge in [0.2, 0.25) is 5.91 Å². The van der Waals surface area contributed by atoms with Gasteiger partial charge in [0.1, 0.15) is 0 Å². The highest BCUT2D eigenvalue weighted by atomic mass is 16.2. The second-order valence-electron chi connectivity index (χ2n) is 7.27. The van der Waals surface area contributed by atoms with Crippen LogP contribution in [0.3, 0.4) is 0 Å². The Kier molecular flexibility index (Phi) is 5.34. The van der Waals surface area contributed by atoms with Gasteiger partial charge < -0.3 is 10.6 Å². The van der Waals surface area contributed by atoms with Crippen LogP contribution in [0.25, 0.3) is 0 Å². The molecule has 1 aromatic carbocycles. The lowest BCUT2D eigenvalue weighted by atomic mass is 10.0. The topological polar surface area (TPSA) is 44.4 Å². The van der Waals surface area contributed by atoms with Crippen LogP contribution in [-0.4, -0.2) is 43.0 Å². The Morgan fingerprint density at radius 1 is 1.17 bits per heavy atom. The number of likely N-dealkylation sites (tertiary alicyclic amines) is 1. The van der Waals surface area contributed by atoms with Crippen molar-refractivity contribution < 1.29 is 4.79 Å². The molecule has 2 fully saturated rings. The molecule has 1 heterocycles. The summed E-state index contributed by atoms with van der Waals surface area (Å²) in [6, 6.07) is 6.79. The average Bonchev–Trinajstić information content (AvgIpc) is 3.34. The van der Waals surface area contributed by atoms with E-state index in [1.54, 1.807) is 0 Å². The molecule has 126 valence electrons. The van der Waals surface area contributed by atoms with Crippen LogP contribution in [0.5, 0.6) is 0 Å². The third-order valence-electron chi connectivity index (χ3n) is 5.00. The van der Waals surface area contributed by atoms with Crippen LogP contribution >= 0.6 is 0 Å². The molecule has 0 radical (unpaired) electrons. The minimum atomic E-state index is 0.0985. The zero-order valence-corrected chi connectivity index (χ0v) is 14.4. The Labute approximate surface area is 139 Å². The quantitative estimate of drug-likeness (QED) is 0.848. The Morgan fingerprint density at radius 3 is 2.57 bits per heavy atom. The fraction of sp³-hybridized carbons (Fsp3) is 0.632. The van der Waals surface area contributed by atoms with Crippen molar-refractivity contribution >= 4 is 11.6 Å². The van der Waals surface area contributed by atoms with Gasteiger partial charge in [0.25, 0.3) is 0 Å². The molecular formula is C19H29N3O. The highest BCUT2D eigenvalue weighted by molar-refractivity contribution is 5.93. The van der Waals surface area contributed by atoms with Gasteiger partial charge in [-0.2, -0.15) is 0 Å². The molecule has 3 rings (SSSR count). The summed E-state index contributed by atoms with van der Waals surface area (Å²) in [7, 11) is 0. The minimum absolute atomic E-state index is 0.0985. The molecule has 1 amide bonds. The molecule has 0 unspecified atom stereocenters. The Morgan fingerprint density at radius 2 is 1.91 bits per heavy atom. The molecule has 0 atom stereocenters. The third-order valence-corrected chi connectivity index (χ3v) is 5.00. The summed E-state index contributed by atoms with van der Waals surface area (Å²) in [6.07, 6.45) is 5.13. The Balaban J connectivity index is 1.40. The van der Waals surface area contributed by atoms with E-state index >= 15 is 0 Å². The summed E-state index contributed by atoms with van der Waals surface area (Å²) < 4.78 is 0. The summed E-state index contributed by atoms with van der Waals surface area (Å²) in [6.45, 7) is 7.84. The van der Waals surface area contributed by atoms with E-state index in [1.165, 1.54) is 24.9 Å². The number of nitrogens with zero attached hydrogens (tertiary/aromatic N) is 1. The molecule has 0 bridgehead atoms. The van der Waals surface area contributed by atoms with E-state index in [0.29, 0.717) is 12.6 Å². The van der Waals surface area contributed by atoms with Crippen molar-refractivity contribution in [3.63, 3.8) is 0 Å². The van der Waals surface area contributed by atoms with Crippen molar-refractivity contribution in [2.75, 3.05) is 31.5 Å². The lowest BCUT2D eigenvalue weighted by Crippen LogP contribution is -2.45. The predicted molar refractivity (Wildman–Crippen MR) is 94.7 cm³/mol. The zero-order chi connectivity index (χ0) is 16.2. The van der Waals surface area contributed by atoms with Gasteiger partial charge in [0.05, 0.1) is 6.54 Å². The predicted octanol–water partition coefficient (Wildman–Crippen LogP) is 2.71. The van der Waals surface area contributed by atoms with E-state index in [-0.39, 0.29) is 5.91 Å². The van der Waals surface area contributed by atoms with Crippen molar-refractivity contribution in [1.29, 1.82) is 0 Å². The normalized spacial score (nSPS) is 19.7.